The van der Waals surface area contributed by atoms with E-state index in [1.54, 1.807) is 7.05 Å². The minimum atomic E-state index is 0.196. The van der Waals surface area contributed by atoms with Crippen molar-refractivity contribution in [2.24, 2.45) is 7.05 Å². The van der Waals surface area contributed by atoms with Crippen molar-refractivity contribution >= 4 is 0 Å². The lowest BCUT2D eigenvalue weighted by Gasteiger charge is -2.09. The van der Waals surface area contributed by atoms with Crippen LogP contribution in [-0.2, 0) is 13.6 Å². The molecule has 0 spiro atoms. The van der Waals surface area contributed by atoms with Crippen molar-refractivity contribution in [3.05, 3.63) is 5.82 Å². The molecule has 6 heteroatoms. The summed E-state index contributed by atoms with van der Waals surface area (Å²) in [4.78, 5) is 1.42. The fourth-order valence-corrected chi connectivity index (χ4v) is 0.955. The van der Waals surface area contributed by atoms with Gasteiger partial charge in [-0.05, 0) is 18.6 Å². The first-order chi connectivity index (χ1) is 6.22. The van der Waals surface area contributed by atoms with Crippen molar-refractivity contribution in [1.29, 1.82) is 0 Å². The van der Waals surface area contributed by atoms with E-state index in [-0.39, 0.29) is 12.6 Å². The number of tetrazole rings is 1. The number of nitrogens with zero attached hydrogens (tertiary/aromatic N) is 4. The maximum Gasteiger partial charge on any atom is 0.188 e. The second kappa shape index (κ2) is 4.88. The molecule has 0 aliphatic carbocycles. The molecule has 1 unspecified atom stereocenters. The molecule has 0 amide bonds. The van der Waals surface area contributed by atoms with Crippen LogP contribution < -0.4 is 5.32 Å². The summed E-state index contributed by atoms with van der Waals surface area (Å²) in [7, 11) is 1.73. The van der Waals surface area contributed by atoms with Gasteiger partial charge in [-0.25, -0.2) is 0 Å². The molecule has 1 aromatic heterocycles. The number of aryl methyl sites for hydroxylation is 1. The van der Waals surface area contributed by atoms with Crippen molar-refractivity contribution in [2.75, 3.05) is 6.61 Å². The topological polar surface area (TPSA) is 75.9 Å². The van der Waals surface area contributed by atoms with E-state index in [0.717, 1.165) is 6.42 Å². The predicted octanol–water partition coefficient (Wildman–Crippen LogP) is -0.929. The summed E-state index contributed by atoms with van der Waals surface area (Å²) < 4.78 is 0. The lowest BCUT2D eigenvalue weighted by atomic mass is 10.2. The van der Waals surface area contributed by atoms with Gasteiger partial charge in [0.1, 0.15) is 0 Å². The van der Waals surface area contributed by atoms with E-state index in [9.17, 15) is 0 Å². The van der Waals surface area contributed by atoms with Gasteiger partial charge in [0.15, 0.2) is 5.82 Å². The van der Waals surface area contributed by atoms with E-state index in [1.807, 2.05) is 6.92 Å². The first kappa shape index (κ1) is 10.1. The molecular weight excluding hydrogens is 170 g/mol. The van der Waals surface area contributed by atoms with E-state index in [1.165, 1.54) is 4.80 Å². The van der Waals surface area contributed by atoms with Gasteiger partial charge in [0, 0.05) is 12.6 Å². The van der Waals surface area contributed by atoms with Gasteiger partial charge in [0.05, 0.1) is 13.6 Å². The van der Waals surface area contributed by atoms with Crippen LogP contribution in [0.1, 0.15) is 19.2 Å². The SMILES string of the molecule is CC(CCO)NCc1nnn(C)n1. The van der Waals surface area contributed by atoms with E-state index < -0.39 is 0 Å². The van der Waals surface area contributed by atoms with Crippen LogP contribution in [0, 0.1) is 0 Å². The van der Waals surface area contributed by atoms with Crippen molar-refractivity contribution in [2.45, 2.75) is 25.9 Å². The van der Waals surface area contributed by atoms with Crippen LogP contribution in [0.5, 0.6) is 0 Å². The Morgan fingerprint density at radius 2 is 2.38 bits per heavy atom. The molecule has 0 aromatic carbocycles. The highest BCUT2D eigenvalue weighted by atomic mass is 16.3. The van der Waals surface area contributed by atoms with Crippen LogP contribution in [0.25, 0.3) is 0 Å². The fourth-order valence-electron chi connectivity index (χ4n) is 0.955. The number of rotatable bonds is 5. The van der Waals surface area contributed by atoms with Gasteiger partial charge in [0.2, 0.25) is 0 Å². The Balaban J connectivity index is 2.26. The summed E-state index contributed by atoms with van der Waals surface area (Å²) in [6.45, 7) is 2.80. The molecule has 0 radical (unpaired) electrons. The molecule has 0 bridgehead atoms. The van der Waals surface area contributed by atoms with Gasteiger partial charge < -0.3 is 10.4 Å². The lowest BCUT2D eigenvalue weighted by molar-refractivity contribution is 0.268. The zero-order valence-electron chi connectivity index (χ0n) is 7.93. The molecule has 0 saturated carbocycles. The fraction of sp³-hybridized carbons (Fsp3) is 0.857. The summed E-state index contributed by atoms with van der Waals surface area (Å²) >= 11 is 0. The van der Waals surface area contributed by atoms with E-state index in [2.05, 4.69) is 20.7 Å². The van der Waals surface area contributed by atoms with Gasteiger partial charge in [-0.3, -0.25) is 0 Å². The minimum absolute atomic E-state index is 0.196. The van der Waals surface area contributed by atoms with E-state index >= 15 is 0 Å². The average molecular weight is 185 g/mol. The molecule has 6 nitrogen and oxygen atoms in total. The summed E-state index contributed by atoms with van der Waals surface area (Å²) in [5.74, 6) is 0.673. The highest BCUT2D eigenvalue weighted by Crippen LogP contribution is 1.91. The van der Waals surface area contributed by atoms with Gasteiger partial charge in [-0.2, -0.15) is 4.80 Å². The minimum Gasteiger partial charge on any atom is -0.396 e. The van der Waals surface area contributed by atoms with Crippen LogP contribution in [0.15, 0.2) is 0 Å². The summed E-state index contributed by atoms with van der Waals surface area (Å²) in [6.07, 6.45) is 0.736. The van der Waals surface area contributed by atoms with Gasteiger partial charge in [0.25, 0.3) is 0 Å². The maximum absolute atomic E-state index is 8.65. The maximum atomic E-state index is 8.65. The molecule has 0 aliphatic rings. The zero-order chi connectivity index (χ0) is 9.68. The van der Waals surface area contributed by atoms with Crippen LogP contribution in [0.4, 0.5) is 0 Å². The molecule has 1 aromatic rings. The number of hydrogen-bond donors (Lipinski definition) is 2. The predicted molar refractivity (Wildman–Crippen MR) is 46.8 cm³/mol. The third-order valence-corrected chi connectivity index (χ3v) is 1.72. The number of nitrogens with one attached hydrogen (secondary N) is 1. The third-order valence-electron chi connectivity index (χ3n) is 1.72. The quantitative estimate of drug-likeness (QED) is 0.620. The summed E-state index contributed by atoms with van der Waals surface area (Å²) in [6, 6.07) is 0.272. The molecule has 2 N–H and O–H groups in total. The molecular formula is C7H15N5O. The molecule has 74 valence electrons. The smallest absolute Gasteiger partial charge is 0.188 e. The summed E-state index contributed by atoms with van der Waals surface area (Å²) in [5, 5.41) is 23.4. The first-order valence-electron chi connectivity index (χ1n) is 4.29. The van der Waals surface area contributed by atoms with Crippen molar-refractivity contribution in [3.8, 4) is 0 Å². The van der Waals surface area contributed by atoms with Crippen molar-refractivity contribution in [3.63, 3.8) is 0 Å². The lowest BCUT2D eigenvalue weighted by Crippen LogP contribution is -2.26. The molecule has 1 rings (SSSR count). The Hall–Kier alpha value is -1.01. The Kier molecular flexibility index (Phi) is 3.78. The number of hydrogen-bond acceptors (Lipinski definition) is 5. The average Bonchev–Trinajstić information content (AvgIpc) is 2.49. The Bertz CT molecular complexity index is 249. The van der Waals surface area contributed by atoms with Gasteiger partial charge >= 0.3 is 0 Å². The highest BCUT2D eigenvalue weighted by molar-refractivity contribution is 4.76. The molecule has 1 heterocycles. The van der Waals surface area contributed by atoms with Gasteiger partial charge in [-0.15, -0.1) is 10.2 Å². The zero-order valence-corrected chi connectivity index (χ0v) is 7.93. The van der Waals surface area contributed by atoms with Crippen molar-refractivity contribution in [1.82, 2.24) is 25.5 Å². The normalized spacial score (nSPS) is 13.2. The Morgan fingerprint density at radius 1 is 1.62 bits per heavy atom. The van der Waals surface area contributed by atoms with E-state index in [4.69, 9.17) is 5.11 Å². The molecule has 0 saturated heterocycles. The second-order valence-electron chi connectivity index (χ2n) is 2.99. The standard InChI is InChI=1S/C7H15N5O/c1-6(3-4-13)8-5-7-9-11-12(2)10-7/h6,8,13H,3-5H2,1-2H3. The van der Waals surface area contributed by atoms with E-state index in [0.29, 0.717) is 12.4 Å². The number of aliphatic hydroxyl groups is 1. The molecule has 1 atom stereocenters. The number of aliphatic hydroxyl groups excluding tert-OH is 1. The number of aromatic nitrogens is 4. The largest absolute Gasteiger partial charge is 0.396 e. The first-order valence-corrected chi connectivity index (χ1v) is 4.29. The monoisotopic (exact) mass is 185 g/mol. The van der Waals surface area contributed by atoms with Crippen LogP contribution >= 0.6 is 0 Å². The Labute approximate surface area is 76.9 Å². The second-order valence-corrected chi connectivity index (χ2v) is 2.99. The summed E-state index contributed by atoms with van der Waals surface area (Å²) in [5.41, 5.74) is 0. The van der Waals surface area contributed by atoms with Gasteiger partial charge in [-0.1, -0.05) is 0 Å². The molecule has 0 fully saturated rings. The van der Waals surface area contributed by atoms with Crippen LogP contribution in [-0.4, -0.2) is 38.0 Å². The van der Waals surface area contributed by atoms with Crippen LogP contribution in [0.3, 0.4) is 0 Å². The highest BCUT2D eigenvalue weighted by Gasteiger charge is 2.03. The molecule has 0 aliphatic heterocycles. The van der Waals surface area contributed by atoms with Crippen molar-refractivity contribution < 1.29 is 5.11 Å². The third kappa shape index (κ3) is 3.47. The molecule has 13 heavy (non-hydrogen) atoms. The van der Waals surface area contributed by atoms with Crippen LogP contribution in [0.2, 0.25) is 0 Å². The Morgan fingerprint density at radius 3 is 2.92 bits per heavy atom.